The van der Waals surface area contributed by atoms with Gasteiger partial charge in [0, 0.05) is 49.0 Å². The minimum Gasteiger partial charge on any atom is -0.356 e. The average Bonchev–Trinajstić information content (AvgIpc) is 3.08. The molecule has 2 aliphatic rings. The summed E-state index contributed by atoms with van der Waals surface area (Å²) in [4.78, 5) is 19.8. The zero-order valence-corrected chi connectivity index (χ0v) is 16.9. The highest BCUT2D eigenvalue weighted by molar-refractivity contribution is 7.15. The van der Waals surface area contributed by atoms with Crippen molar-refractivity contribution in [1.82, 2.24) is 15.0 Å². The third-order valence-electron chi connectivity index (χ3n) is 5.90. The molecule has 4 rings (SSSR count). The van der Waals surface area contributed by atoms with Crippen LogP contribution in [-0.2, 0) is 0 Å². The molecule has 2 fully saturated rings. The van der Waals surface area contributed by atoms with Crippen molar-refractivity contribution in [3.05, 3.63) is 28.7 Å². The quantitative estimate of drug-likeness (QED) is 0.816. The van der Waals surface area contributed by atoms with Crippen molar-refractivity contribution >= 4 is 22.3 Å². The van der Waals surface area contributed by atoms with Crippen LogP contribution in [0.25, 0.3) is 0 Å². The average molecular weight is 372 g/mol. The summed E-state index contributed by atoms with van der Waals surface area (Å²) in [5.41, 5.74) is 1.07. The molecular weight excluding hydrogens is 342 g/mol. The molecule has 0 radical (unpaired) electrons. The molecule has 2 aliphatic heterocycles. The first-order chi connectivity index (χ1) is 12.6. The summed E-state index contributed by atoms with van der Waals surface area (Å²) < 4.78 is 0. The fourth-order valence-corrected chi connectivity index (χ4v) is 5.32. The predicted molar refractivity (Wildman–Crippen MR) is 108 cm³/mol. The van der Waals surface area contributed by atoms with Gasteiger partial charge in [-0.1, -0.05) is 0 Å². The van der Waals surface area contributed by atoms with Crippen molar-refractivity contribution in [2.45, 2.75) is 46.5 Å². The highest BCUT2D eigenvalue weighted by Gasteiger charge is 2.30. The molecule has 140 valence electrons. The van der Waals surface area contributed by atoms with Gasteiger partial charge in [0.05, 0.1) is 0 Å². The van der Waals surface area contributed by atoms with Crippen LogP contribution < -0.4 is 9.80 Å². The second-order valence-electron chi connectivity index (χ2n) is 7.82. The first-order valence-corrected chi connectivity index (χ1v) is 10.6. The molecule has 0 atom stereocenters. The number of aromatic nitrogens is 3. The van der Waals surface area contributed by atoms with Gasteiger partial charge in [0.2, 0.25) is 0 Å². The van der Waals surface area contributed by atoms with Crippen molar-refractivity contribution in [2.75, 3.05) is 36.0 Å². The van der Waals surface area contributed by atoms with Crippen LogP contribution in [0.2, 0.25) is 0 Å². The van der Waals surface area contributed by atoms with Gasteiger partial charge in [-0.25, -0.2) is 15.0 Å². The van der Waals surface area contributed by atoms with Gasteiger partial charge in [-0.3, -0.25) is 0 Å². The second-order valence-corrected chi connectivity index (χ2v) is 9.03. The van der Waals surface area contributed by atoms with E-state index in [0.29, 0.717) is 0 Å². The zero-order valence-electron chi connectivity index (χ0n) is 16.1. The Morgan fingerprint density at radius 1 is 0.885 bits per heavy atom. The van der Waals surface area contributed by atoms with E-state index in [4.69, 9.17) is 0 Å². The smallest absolute Gasteiger partial charge is 0.185 e. The number of aryl methyl sites for hydroxylation is 3. The first-order valence-electron chi connectivity index (χ1n) is 9.83. The van der Waals surface area contributed by atoms with Gasteiger partial charge in [-0.05, 0) is 58.3 Å². The van der Waals surface area contributed by atoms with Crippen molar-refractivity contribution in [3.63, 3.8) is 0 Å². The van der Waals surface area contributed by atoms with Gasteiger partial charge in [0.1, 0.15) is 11.6 Å². The number of anilines is 2. The topological polar surface area (TPSA) is 45.2 Å². The Bertz CT molecular complexity index is 722. The van der Waals surface area contributed by atoms with Crippen LogP contribution in [0.15, 0.2) is 12.3 Å². The van der Waals surface area contributed by atoms with E-state index in [1.807, 2.05) is 24.5 Å². The zero-order chi connectivity index (χ0) is 18.1. The van der Waals surface area contributed by atoms with Crippen LogP contribution in [0.5, 0.6) is 0 Å². The van der Waals surface area contributed by atoms with E-state index in [1.54, 1.807) is 0 Å². The molecule has 0 spiro atoms. The number of hydrogen-bond donors (Lipinski definition) is 0. The fourth-order valence-electron chi connectivity index (χ4n) is 4.51. The molecule has 2 saturated heterocycles. The number of piperidine rings is 2. The van der Waals surface area contributed by atoms with E-state index < -0.39 is 0 Å². The van der Waals surface area contributed by atoms with Crippen LogP contribution in [0.4, 0.5) is 10.9 Å². The number of hydrogen-bond acceptors (Lipinski definition) is 6. The van der Waals surface area contributed by atoms with Gasteiger partial charge in [0.15, 0.2) is 5.13 Å². The molecule has 2 aromatic heterocycles. The Hall–Kier alpha value is -1.69. The number of nitrogens with zero attached hydrogens (tertiary/aromatic N) is 5. The SMILES string of the molecule is Cc1cc(N2CCC(C3CCN(c4ncc(C)s4)CC3)CC2)nc(C)n1. The molecule has 26 heavy (non-hydrogen) atoms. The molecule has 0 N–H and O–H groups in total. The Morgan fingerprint density at radius 2 is 1.50 bits per heavy atom. The van der Waals surface area contributed by atoms with E-state index in [0.717, 1.165) is 42.3 Å². The molecule has 2 aromatic rings. The summed E-state index contributed by atoms with van der Waals surface area (Å²) in [5.74, 6) is 3.74. The van der Waals surface area contributed by atoms with Gasteiger partial charge in [-0.15, -0.1) is 11.3 Å². The van der Waals surface area contributed by atoms with E-state index in [-0.39, 0.29) is 0 Å². The maximum absolute atomic E-state index is 4.64. The van der Waals surface area contributed by atoms with Crippen molar-refractivity contribution in [3.8, 4) is 0 Å². The molecule has 0 unspecified atom stereocenters. The van der Waals surface area contributed by atoms with E-state index >= 15 is 0 Å². The molecule has 0 saturated carbocycles. The molecule has 0 aromatic carbocycles. The third kappa shape index (κ3) is 3.85. The molecule has 4 heterocycles. The number of rotatable bonds is 3. The van der Waals surface area contributed by atoms with Gasteiger partial charge < -0.3 is 9.80 Å². The van der Waals surface area contributed by atoms with E-state index in [1.165, 1.54) is 48.8 Å². The Balaban J connectivity index is 1.30. The summed E-state index contributed by atoms with van der Waals surface area (Å²) in [7, 11) is 0. The second kappa shape index (κ2) is 7.51. The van der Waals surface area contributed by atoms with E-state index in [2.05, 4.69) is 44.7 Å². The number of thiazole rings is 1. The summed E-state index contributed by atoms with van der Waals surface area (Å²) in [6.45, 7) is 10.8. The van der Waals surface area contributed by atoms with Crippen LogP contribution in [0.1, 0.15) is 42.1 Å². The van der Waals surface area contributed by atoms with Crippen LogP contribution >= 0.6 is 11.3 Å². The predicted octanol–water partition coefficient (Wildman–Crippen LogP) is 3.99. The highest BCUT2D eigenvalue weighted by atomic mass is 32.1. The van der Waals surface area contributed by atoms with Crippen molar-refractivity contribution in [2.24, 2.45) is 11.8 Å². The van der Waals surface area contributed by atoms with Crippen molar-refractivity contribution in [1.29, 1.82) is 0 Å². The minimum atomic E-state index is 0.871. The fraction of sp³-hybridized carbons (Fsp3) is 0.650. The van der Waals surface area contributed by atoms with Crippen LogP contribution in [-0.4, -0.2) is 41.1 Å². The monoisotopic (exact) mass is 371 g/mol. The summed E-state index contributed by atoms with van der Waals surface area (Å²) >= 11 is 1.83. The lowest BCUT2D eigenvalue weighted by atomic mass is 9.79. The van der Waals surface area contributed by atoms with Gasteiger partial charge >= 0.3 is 0 Å². The standard InChI is InChI=1S/C20H29N5S/c1-14-12-19(23-16(3)22-14)24-8-4-17(5-9-24)18-6-10-25(11-7-18)20-21-13-15(2)26-20/h12-13,17-18H,4-11H2,1-3H3. The molecule has 0 aliphatic carbocycles. The molecule has 6 heteroatoms. The lowest BCUT2D eigenvalue weighted by Crippen LogP contribution is -2.41. The summed E-state index contributed by atoms with van der Waals surface area (Å²) in [5, 5.41) is 1.21. The van der Waals surface area contributed by atoms with Crippen molar-refractivity contribution < 1.29 is 0 Å². The lowest BCUT2D eigenvalue weighted by Gasteiger charge is -2.40. The van der Waals surface area contributed by atoms with Crippen LogP contribution in [0, 0.1) is 32.6 Å². The molecule has 5 nitrogen and oxygen atoms in total. The maximum Gasteiger partial charge on any atom is 0.185 e. The Labute approximate surface area is 160 Å². The lowest BCUT2D eigenvalue weighted by molar-refractivity contribution is 0.232. The first kappa shape index (κ1) is 17.7. The molecule has 0 bridgehead atoms. The molecule has 0 amide bonds. The van der Waals surface area contributed by atoms with Crippen LogP contribution in [0.3, 0.4) is 0 Å². The minimum absolute atomic E-state index is 0.871. The largest absolute Gasteiger partial charge is 0.356 e. The normalized spacial score (nSPS) is 20.0. The molecular formula is C20H29N5S. The van der Waals surface area contributed by atoms with Gasteiger partial charge in [0.25, 0.3) is 0 Å². The van der Waals surface area contributed by atoms with Gasteiger partial charge in [-0.2, -0.15) is 0 Å². The maximum atomic E-state index is 4.64. The Kier molecular flexibility index (Phi) is 5.11. The summed E-state index contributed by atoms with van der Waals surface area (Å²) in [6, 6.07) is 2.13. The Morgan fingerprint density at radius 3 is 2.04 bits per heavy atom. The third-order valence-corrected chi connectivity index (χ3v) is 6.88. The van der Waals surface area contributed by atoms with E-state index in [9.17, 15) is 0 Å². The summed E-state index contributed by atoms with van der Waals surface area (Å²) in [6.07, 6.45) is 7.22. The highest BCUT2D eigenvalue weighted by Crippen LogP contribution is 2.35.